The number of hydrogen-bond donors (Lipinski definition) is 1. The first-order chi connectivity index (χ1) is 14.6. The van der Waals surface area contributed by atoms with Crippen molar-refractivity contribution >= 4 is 12.6 Å². The Morgan fingerprint density at radius 3 is 2.67 bits per heavy atom. The zero-order valence-electron chi connectivity index (χ0n) is 16.5. The third-order valence-electron chi connectivity index (χ3n) is 4.51. The van der Waals surface area contributed by atoms with Gasteiger partial charge in [-0.15, -0.1) is 12.6 Å². The van der Waals surface area contributed by atoms with E-state index in [1.807, 2.05) is 48.5 Å². The summed E-state index contributed by atoms with van der Waals surface area (Å²) in [6, 6.07) is 18.4. The van der Waals surface area contributed by atoms with Crippen LogP contribution < -0.4 is 10.3 Å². The molecule has 0 bridgehead atoms. The summed E-state index contributed by atoms with van der Waals surface area (Å²) in [5.41, 5.74) is 2.38. The number of benzene rings is 2. The molecule has 0 aliphatic carbocycles. The number of pyridine rings is 1. The Morgan fingerprint density at radius 1 is 1.07 bits per heavy atom. The van der Waals surface area contributed by atoms with E-state index in [0.29, 0.717) is 30.4 Å². The van der Waals surface area contributed by atoms with Gasteiger partial charge in [0.25, 0.3) is 11.4 Å². The standard InChI is InChI=1S/C23H21N3O3S/c1-2-12-28-19-5-3-4-16(13-19)14-26-15-18(8-11-21(26)27)22-24-23(29-25-22)17-6-9-20(30)10-7-17/h3-11,13,15,30H,2,12,14H2,1H3. The van der Waals surface area contributed by atoms with Crippen molar-refractivity contribution in [2.75, 3.05) is 6.61 Å². The van der Waals surface area contributed by atoms with Crippen molar-refractivity contribution in [2.45, 2.75) is 24.8 Å². The predicted octanol–water partition coefficient (Wildman–Crippen LogP) is 4.69. The summed E-state index contributed by atoms with van der Waals surface area (Å²) in [6.45, 7) is 3.15. The second-order valence-electron chi connectivity index (χ2n) is 6.85. The largest absolute Gasteiger partial charge is 0.494 e. The molecule has 6 nitrogen and oxygen atoms in total. The van der Waals surface area contributed by atoms with E-state index in [1.54, 1.807) is 16.8 Å². The molecular formula is C23H21N3O3S. The van der Waals surface area contributed by atoms with Gasteiger partial charge in [-0.1, -0.05) is 24.2 Å². The summed E-state index contributed by atoms with van der Waals surface area (Å²) < 4.78 is 12.7. The zero-order chi connectivity index (χ0) is 20.9. The van der Waals surface area contributed by atoms with Gasteiger partial charge < -0.3 is 13.8 Å². The minimum atomic E-state index is -0.105. The van der Waals surface area contributed by atoms with E-state index in [1.165, 1.54) is 6.07 Å². The summed E-state index contributed by atoms with van der Waals surface area (Å²) >= 11 is 4.28. The molecule has 0 N–H and O–H groups in total. The van der Waals surface area contributed by atoms with Crippen LogP contribution in [0.2, 0.25) is 0 Å². The van der Waals surface area contributed by atoms with E-state index < -0.39 is 0 Å². The van der Waals surface area contributed by atoms with E-state index in [2.05, 4.69) is 29.7 Å². The average Bonchev–Trinajstić information content (AvgIpc) is 3.25. The minimum Gasteiger partial charge on any atom is -0.494 e. The molecule has 7 heteroatoms. The number of aromatic nitrogens is 3. The van der Waals surface area contributed by atoms with Crippen LogP contribution in [0.15, 0.2) is 81.1 Å². The van der Waals surface area contributed by atoms with Gasteiger partial charge in [0.1, 0.15) is 5.75 Å². The molecule has 0 aliphatic heterocycles. The van der Waals surface area contributed by atoms with Crippen LogP contribution >= 0.6 is 12.6 Å². The highest BCUT2D eigenvalue weighted by molar-refractivity contribution is 7.80. The van der Waals surface area contributed by atoms with Crippen molar-refractivity contribution in [3.8, 4) is 28.6 Å². The lowest BCUT2D eigenvalue weighted by molar-refractivity contribution is 0.317. The molecule has 0 aliphatic rings. The molecule has 4 rings (SSSR count). The van der Waals surface area contributed by atoms with Gasteiger partial charge in [0, 0.05) is 28.3 Å². The van der Waals surface area contributed by atoms with Crippen molar-refractivity contribution in [3.63, 3.8) is 0 Å². The van der Waals surface area contributed by atoms with Crippen LogP contribution in [0.4, 0.5) is 0 Å². The molecule has 0 fully saturated rings. The lowest BCUT2D eigenvalue weighted by Gasteiger charge is -2.09. The van der Waals surface area contributed by atoms with Crippen molar-refractivity contribution in [1.82, 2.24) is 14.7 Å². The van der Waals surface area contributed by atoms with E-state index in [0.717, 1.165) is 28.2 Å². The Hall–Kier alpha value is -3.32. The Morgan fingerprint density at radius 2 is 1.87 bits per heavy atom. The molecule has 2 aromatic heterocycles. The number of thiol groups is 1. The molecule has 0 radical (unpaired) electrons. The van der Waals surface area contributed by atoms with E-state index in [4.69, 9.17) is 9.26 Å². The molecule has 2 aromatic carbocycles. The van der Waals surface area contributed by atoms with Gasteiger partial charge in [0.2, 0.25) is 5.82 Å². The molecule has 0 saturated heterocycles. The molecule has 0 amide bonds. The Labute approximate surface area is 179 Å². The summed E-state index contributed by atoms with van der Waals surface area (Å²) in [6.07, 6.45) is 2.69. The molecule has 4 aromatic rings. The Kier molecular flexibility index (Phi) is 5.99. The zero-order valence-corrected chi connectivity index (χ0v) is 17.4. The first kappa shape index (κ1) is 20.0. The normalized spacial score (nSPS) is 10.9. The minimum absolute atomic E-state index is 0.105. The highest BCUT2D eigenvalue weighted by Crippen LogP contribution is 2.23. The van der Waals surface area contributed by atoms with Crippen LogP contribution in [0, 0.1) is 0 Å². The fourth-order valence-corrected chi connectivity index (χ4v) is 3.15. The maximum absolute atomic E-state index is 12.4. The molecule has 0 unspecified atom stereocenters. The highest BCUT2D eigenvalue weighted by atomic mass is 32.1. The van der Waals surface area contributed by atoms with Crippen molar-refractivity contribution in [3.05, 3.63) is 82.8 Å². The average molecular weight is 420 g/mol. The maximum Gasteiger partial charge on any atom is 0.258 e. The third kappa shape index (κ3) is 4.63. The topological polar surface area (TPSA) is 70.2 Å². The van der Waals surface area contributed by atoms with E-state index >= 15 is 0 Å². The van der Waals surface area contributed by atoms with Crippen LogP contribution in [0.3, 0.4) is 0 Å². The number of nitrogens with zero attached hydrogens (tertiary/aromatic N) is 3. The number of rotatable bonds is 7. The van der Waals surface area contributed by atoms with Crippen LogP contribution in [0.5, 0.6) is 5.75 Å². The highest BCUT2D eigenvalue weighted by Gasteiger charge is 2.12. The smallest absolute Gasteiger partial charge is 0.258 e. The maximum atomic E-state index is 12.4. The second-order valence-corrected chi connectivity index (χ2v) is 7.37. The molecule has 2 heterocycles. The lowest BCUT2D eigenvalue weighted by Crippen LogP contribution is -2.19. The van der Waals surface area contributed by atoms with Crippen molar-refractivity contribution < 1.29 is 9.26 Å². The van der Waals surface area contributed by atoms with E-state index in [9.17, 15) is 4.79 Å². The first-order valence-corrected chi connectivity index (χ1v) is 10.1. The second kappa shape index (κ2) is 9.00. The van der Waals surface area contributed by atoms with Gasteiger partial charge >= 0.3 is 0 Å². The predicted molar refractivity (Wildman–Crippen MR) is 118 cm³/mol. The van der Waals surface area contributed by atoms with Gasteiger partial charge in [0.05, 0.1) is 13.2 Å². The quantitative estimate of drug-likeness (QED) is 0.440. The monoisotopic (exact) mass is 419 g/mol. The van der Waals surface area contributed by atoms with Gasteiger partial charge in [-0.05, 0) is 54.4 Å². The van der Waals surface area contributed by atoms with Crippen LogP contribution in [-0.4, -0.2) is 21.3 Å². The van der Waals surface area contributed by atoms with Crippen LogP contribution in [0.1, 0.15) is 18.9 Å². The van der Waals surface area contributed by atoms with Gasteiger partial charge in [-0.25, -0.2) is 0 Å². The fraction of sp³-hybridized carbons (Fsp3) is 0.174. The van der Waals surface area contributed by atoms with Gasteiger partial charge in [-0.2, -0.15) is 4.98 Å². The number of hydrogen-bond acceptors (Lipinski definition) is 6. The summed E-state index contributed by atoms with van der Waals surface area (Å²) in [5.74, 6) is 1.64. The van der Waals surface area contributed by atoms with Crippen molar-refractivity contribution in [1.29, 1.82) is 0 Å². The molecular weight excluding hydrogens is 398 g/mol. The first-order valence-electron chi connectivity index (χ1n) is 9.68. The molecule has 30 heavy (non-hydrogen) atoms. The Bertz CT molecular complexity index is 1200. The van der Waals surface area contributed by atoms with Crippen molar-refractivity contribution in [2.24, 2.45) is 0 Å². The molecule has 0 atom stereocenters. The SMILES string of the molecule is CCCOc1cccc(Cn2cc(-c3noc(-c4ccc(S)cc4)n3)ccc2=O)c1. The fourth-order valence-electron chi connectivity index (χ4n) is 3.00. The number of ether oxygens (including phenoxy) is 1. The molecule has 0 saturated carbocycles. The third-order valence-corrected chi connectivity index (χ3v) is 4.80. The van der Waals surface area contributed by atoms with Crippen LogP contribution in [-0.2, 0) is 6.54 Å². The van der Waals surface area contributed by atoms with Gasteiger partial charge in [0.15, 0.2) is 0 Å². The summed E-state index contributed by atoms with van der Waals surface area (Å²) in [5, 5.41) is 4.07. The van der Waals surface area contributed by atoms with Crippen LogP contribution in [0.25, 0.3) is 22.8 Å². The van der Waals surface area contributed by atoms with E-state index in [-0.39, 0.29) is 5.56 Å². The lowest BCUT2D eigenvalue weighted by atomic mass is 10.2. The summed E-state index contributed by atoms with van der Waals surface area (Å²) in [7, 11) is 0. The molecule has 0 spiro atoms. The van der Waals surface area contributed by atoms with Gasteiger partial charge in [-0.3, -0.25) is 4.79 Å². The Balaban J connectivity index is 1.58. The summed E-state index contributed by atoms with van der Waals surface area (Å²) in [4.78, 5) is 17.7. The molecule has 152 valence electrons.